The molecule has 2 aliphatic heterocycles. The molecule has 0 bridgehead atoms. The molecule has 0 spiro atoms. The van der Waals surface area contributed by atoms with Crippen molar-refractivity contribution in [3.05, 3.63) is 76.9 Å². The minimum atomic E-state index is -0.482. The number of hydrogen-bond donors (Lipinski definition) is 2. The van der Waals surface area contributed by atoms with E-state index in [2.05, 4.69) is 27.2 Å². The first-order valence-corrected chi connectivity index (χ1v) is 13.7. The van der Waals surface area contributed by atoms with Gasteiger partial charge < -0.3 is 30.0 Å². The molecular weight excluding hydrogens is 514 g/mol. The highest BCUT2D eigenvalue weighted by Crippen LogP contribution is 2.31. The van der Waals surface area contributed by atoms with Crippen LogP contribution in [0.25, 0.3) is 17.4 Å². The van der Waals surface area contributed by atoms with Gasteiger partial charge >= 0.3 is 0 Å². The van der Waals surface area contributed by atoms with Crippen molar-refractivity contribution in [3.8, 4) is 17.1 Å². The molecule has 1 aromatic heterocycles. The maximum Gasteiger partial charge on any atom is 0.264 e. The van der Waals surface area contributed by atoms with Crippen LogP contribution >= 0.6 is 11.8 Å². The van der Waals surface area contributed by atoms with Gasteiger partial charge in [0.15, 0.2) is 5.17 Å². The summed E-state index contributed by atoms with van der Waals surface area (Å²) in [6.07, 6.45) is 2.65. The molecule has 3 heterocycles. The number of nitrogens with two attached hydrogens (primary N) is 1. The molecular formula is C29H31N5O4S. The third-order valence-electron chi connectivity index (χ3n) is 6.54. The Labute approximate surface area is 231 Å². The molecule has 0 saturated carbocycles. The van der Waals surface area contributed by atoms with E-state index in [-0.39, 0.29) is 5.91 Å². The summed E-state index contributed by atoms with van der Waals surface area (Å²) in [4.78, 5) is 33.7. The Kier molecular flexibility index (Phi) is 8.45. The first-order chi connectivity index (χ1) is 18.9. The van der Waals surface area contributed by atoms with E-state index < -0.39 is 5.91 Å². The smallest absolute Gasteiger partial charge is 0.264 e. The van der Waals surface area contributed by atoms with Gasteiger partial charge in [0.25, 0.3) is 5.91 Å². The number of rotatable bonds is 9. The van der Waals surface area contributed by atoms with Crippen molar-refractivity contribution < 1.29 is 18.7 Å². The standard InChI is InChI=1S/C29H31N5O4S/c1-33-13-15-34(16-14-33)12-3-17-37-23-5-2-4-22(18-23)31-29-32-28(36)26(39-29)19-24-10-11-25(38-24)20-6-8-21(9-7-20)27(30)35/h2,4-11,18-19H,3,12-17H2,1H3,(H2,30,35)(H,31,32,36)/b26-19+. The van der Waals surface area contributed by atoms with Crippen LogP contribution in [-0.2, 0) is 4.79 Å². The molecule has 9 nitrogen and oxygen atoms in total. The fourth-order valence-electron chi connectivity index (χ4n) is 4.30. The molecule has 0 atom stereocenters. The molecule has 2 amide bonds. The number of primary amides is 1. The molecule has 2 aromatic carbocycles. The number of piperazine rings is 1. The van der Waals surface area contributed by atoms with Crippen LogP contribution in [0.5, 0.6) is 5.75 Å². The van der Waals surface area contributed by atoms with Crippen LogP contribution in [0.15, 0.2) is 75.0 Å². The van der Waals surface area contributed by atoms with Gasteiger partial charge in [-0.2, -0.15) is 0 Å². The number of carbonyl (C=O) groups excluding carboxylic acids is 2. The van der Waals surface area contributed by atoms with Crippen molar-refractivity contribution in [2.45, 2.75) is 6.42 Å². The number of furan rings is 1. The number of hydrogen-bond acceptors (Lipinski definition) is 8. The maximum absolute atomic E-state index is 12.5. The molecule has 0 radical (unpaired) electrons. The average molecular weight is 546 g/mol. The van der Waals surface area contributed by atoms with E-state index >= 15 is 0 Å². The molecule has 5 rings (SSSR count). The lowest BCUT2D eigenvalue weighted by molar-refractivity contribution is -0.115. The van der Waals surface area contributed by atoms with Gasteiger partial charge in [-0.05, 0) is 61.6 Å². The minimum Gasteiger partial charge on any atom is -0.493 e. The number of aliphatic imine (C=N–C) groups is 1. The molecule has 2 fully saturated rings. The van der Waals surface area contributed by atoms with Crippen LogP contribution in [0, 0.1) is 0 Å². The lowest BCUT2D eigenvalue weighted by atomic mass is 10.1. The van der Waals surface area contributed by atoms with Crippen molar-refractivity contribution in [3.63, 3.8) is 0 Å². The van der Waals surface area contributed by atoms with Crippen molar-refractivity contribution in [1.82, 2.24) is 15.1 Å². The van der Waals surface area contributed by atoms with Gasteiger partial charge in [-0.25, -0.2) is 4.99 Å². The highest BCUT2D eigenvalue weighted by molar-refractivity contribution is 8.18. The highest BCUT2D eigenvalue weighted by Gasteiger charge is 2.24. The van der Waals surface area contributed by atoms with Gasteiger partial charge in [-0.3, -0.25) is 9.59 Å². The quantitative estimate of drug-likeness (QED) is 0.309. The predicted molar refractivity (Wildman–Crippen MR) is 154 cm³/mol. The van der Waals surface area contributed by atoms with E-state index in [1.807, 2.05) is 30.3 Å². The summed E-state index contributed by atoms with van der Waals surface area (Å²) >= 11 is 1.25. The maximum atomic E-state index is 12.5. The van der Waals surface area contributed by atoms with Crippen molar-refractivity contribution >= 4 is 40.5 Å². The number of ether oxygens (including phenoxy) is 1. The molecule has 202 valence electrons. The Morgan fingerprint density at radius 1 is 1.13 bits per heavy atom. The molecule has 2 saturated heterocycles. The molecule has 0 unspecified atom stereocenters. The summed E-state index contributed by atoms with van der Waals surface area (Å²) in [5.74, 6) is 1.20. The number of nitrogens with zero attached hydrogens (tertiary/aromatic N) is 3. The first-order valence-electron chi connectivity index (χ1n) is 12.9. The van der Waals surface area contributed by atoms with Crippen LogP contribution < -0.4 is 15.8 Å². The minimum absolute atomic E-state index is 0.237. The number of thioether (sulfide) groups is 1. The number of amides is 2. The zero-order valence-electron chi connectivity index (χ0n) is 21.8. The SMILES string of the molecule is CN1CCN(CCCOc2cccc(N=C3NC(=O)/C(=C\c4ccc(-c5ccc(C(N)=O)cc5)o4)S3)c2)CC1. The normalized spacial score (nSPS) is 18.5. The summed E-state index contributed by atoms with van der Waals surface area (Å²) in [7, 11) is 2.16. The Bertz CT molecular complexity index is 1390. The Morgan fingerprint density at radius 2 is 1.92 bits per heavy atom. The first kappa shape index (κ1) is 26.7. The second kappa shape index (κ2) is 12.3. The Morgan fingerprint density at radius 3 is 2.69 bits per heavy atom. The summed E-state index contributed by atoms with van der Waals surface area (Å²) in [5, 5.41) is 3.30. The molecule has 3 aromatic rings. The monoisotopic (exact) mass is 545 g/mol. The number of nitrogens with one attached hydrogen (secondary N) is 1. The van der Waals surface area contributed by atoms with E-state index in [1.54, 1.807) is 36.4 Å². The van der Waals surface area contributed by atoms with E-state index in [9.17, 15) is 9.59 Å². The third kappa shape index (κ3) is 7.17. The number of carbonyl (C=O) groups is 2. The summed E-state index contributed by atoms with van der Waals surface area (Å²) in [6, 6.07) is 18.0. The summed E-state index contributed by atoms with van der Waals surface area (Å²) in [5.41, 5.74) is 7.24. The van der Waals surface area contributed by atoms with Crippen molar-refractivity contribution in [1.29, 1.82) is 0 Å². The zero-order valence-corrected chi connectivity index (χ0v) is 22.6. The molecule has 10 heteroatoms. The van der Waals surface area contributed by atoms with Crippen molar-refractivity contribution in [2.75, 3.05) is 46.4 Å². The van der Waals surface area contributed by atoms with Gasteiger partial charge in [0.2, 0.25) is 5.91 Å². The van der Waals surface area contributed by atoms with Gasteiger partial charge in [-0.1, -0.05) is 18.2 Å². The fourth-order valence-corrected chi connectivity index (χ4v) is 5.13. The topological polar surface area (TPSA) is 113 Å². The van der Waals surface area contributed by atoms with E-state index in [0.717, 1.165) is 50.5 Å². The van der Waals surface area contributed by atoms with Crippen LogP contribution in [-0.4, -0.2) is 73.2 Å². The van der Waals surface area contributed by atoms with Gasteiger partial charge in [0.05, 0.1) is 17.2 Å². The lowest BCUT2D eigenvalue weighted by Gasteiger charge is -2.32. The molecule has 3 N–H and O–H groups in total. The molecule has 2 aliphatic rings. The lowest BCUT2D eigenvalue weighted by Crippen LogP contribution is -2.44. The summed E-state index contributed by atoms with van der Waals surface area (Å²) < 4.78 is 11.8. The zero-order chi connectivity index (χ0) is 27.2. The van der Waals surface area contributed by atoms with Gasteiger partial charge in [-0.15, -0.1) is 0 Å². The van der Waals surface area contributed by atoms with Gasteiger partial charge in [0.1, 0.15) is 17.3 Å². The third-order valence-corrected chi connectivity index (χ3v) is 7.45. The largest absolute Gasteiger partial charge is 0.493 e. The van der Waals surface area contributed by atoms with Crippen molar-refractivity contribution in [2.24, 2.45) is 10.7 Å². The average Bonchev–Trinajstić information content (AvgIpc) is 3.54. The number of likely N-dealkylation sites (N-methyl/N-ethyl adjacent to an activating group) is 1. The van der Waals surface area contributed by atoms with Crippen LogP contribution in [0.3, 0.4) is 0 Å². The number of amidine groups is 1. The summed E-state index contributed by atoms with van der Waals surface area (Å²) in [6.45, 7) is 6.13. The fraction of sp³-hybridized carbons (Fsp3) is 0.276. The molecule has 0 aliphatic carbocycles. The van der Waals surface area contributed by atoms with E-state index in [1.165, 1.54) is 11.8 Å². The van der Waals surface area contributed by atoms with E-state index in [4.69, 9.17) is 14.9 Å². The Balaban J connectivity index is 1.16. The number of benzene rings is 2. The van der Waals surface area contributed by atoms with Gasteiger partial charge in [0, 0.05) is 56.0 Å². The van der Waals surface area contributed by atoms with E-state index in [0.29, 0.717) is 39.5 Å². The highest BCUT2D eigenvalue weighted by atomic mass is 32.2. The second-order valence-corrected chi connectivity index (χ2v) is 10.5. The van der Waals surface area contributed by atoms with Crippen LogP contribution in [0.2, 0.25) is 0 Å². The van der Waals surface area contributed by atoms with Crippen LogP contribution in [0.1, 0.15) is 22.5 Å². The second-order valence-electron chi connectivity index (χ2n) is 9.47. The predicted octanol–water partition coefficient (Wildman–Crippen LogP) is 3.95. The molecule has 39 heavy (non-hydrogen) atoms. The van der Waals surface area contributed by atoms with Crippen LogP contribution in [0.4, 0.5) is 5.69 Å². The Hall–Kier alpha value is -3.86.